The van der Waals surface area contributed by atoms with Crippen LogP contribution in [-0.4, -0.2) is 42.2 Å². The third kappa shape index (κ3) is 5.96. The first kappa shape index (κ1) is 26.7. The summed E-state index contributed by atoms with van der Waals surface area (Å²) in [6, 6.07) is 4.18. The lowest BCUT2D eigenvalue weighted by molar-refractivity contribution is 0.174. The number of hydrogen-bond donors (Lipinski definition) is 1. The smallest absolute Gasteiger partial charge is 0.231 e. The molecule has 8 nitrogen and oxygen atoms in total. The lowest BCUT2D eigenvalue weighted by Crippen LogP contribution is -2.15. The molecule has 0 bridgehead atoms. The number of nitrogens with zero attached hydrogens (tertiary/aromatic N) is 3. The van der Waals surface area contributed by atoms with E-state index in [0.717, 1.165) is 40.0 Å². The number of aliphatic imine (C=N–C) groups is 1. The van der Waals surface area contributed by atoms with Crippen molar-refractivity contribution in [2.24, 2.45) is 16.8 Å². The SMILES string of the molecule is CCC(c1cc2c(cc1SC1=Nc3c(N)ncnc3C(C)C(CCCS(C)(=O)=O)C1)OCO2)C(C)C. The number of fused-ring (bicyclic) bond motifs is 2. The zero-order valence-corrected chi connectivity index (χ0v) is 23.3. The summed E-state index contributed by atoms with van der Waals surface area (Å²) in [5.41, 5.74) is 8.93. The molecule has 0 amide bonds. The van der Waals surface area contributed by atoms with Gasteiger partial charge in [0.2, 0.25) is 6.79 Å². The van der Waals surface area contributed by atoms with Crippen molar-refractivity contribution < 1.29 is 17.9 Å². The van der Waals surface area contributed by atoms with E-state index in [9.17, 15) is 8.42 Å². The molecule has 1 aromatic carbocycles. The Balaban J connectivity index is 1.72. The van der Waals surface area contributed by atoms with Gasteiger partial charge in [0.25, 0.3) is 0 Å². The molecule has 0 fully saturated rings. The van der Waals surface area contributed by atoms with E-state index in [1.165, 1.54) is 18.1 Å². The number of sulfone groups is 1. The first-order valence-corrected chi connectivity index (χ1v) is 15.4. The quantitative estimate of drug-likeness (QED) is 0.460. The van der Waals surface area contributed by atoms with Crippen molar-refractivity contribution in [1.82, 2.24) is 9.97 Å². The fraction of sp³-hybridized carbons (Fsp3) is 0.577. The second kappa shape index (κ2) is 11.0. The van der Waals surface area contributed by atoms with E-state index in [-0.39, 0.29) is 24.4 Å². The van der Waals surface area contributed by atoms with Crippen molar-refractivity contribution in [3.05, 3.63) is 29.7 Å². The zero-order chi connectivity index (χ0) is 26.0. The highest BCUT2D eigenvalue weighted by molar-refractivity contribution is 8.14. The van der Waals surface area contributed by atoms with Gasteiger partial charge in [-0.25, -0.2) is 23.4 Å². The van der Waals surface area contributed by atoms with E-state index in [2.05, 4.69) is 49.8 Å². The molecule has 10 heteroatoms. The Morgan fingerprint density at radius 1 is 1.19 bits per heavy atom. The maximum absolute atomic E-state index is 11.8. The maximum atomic E-state index is 11.8. The zero-order valence-electron chi connectivity index (χ0n) is 21.7. The second-order valence-electron chi connectivity index (χ2n) is 10.1. The Hall–Kier alpha value is -2.33. The van der Waals surface area contributed by atoms with Gasteiger partial charge in [-0.2, -0.15) is 0 Å². The molecule has 2 aliphatic rings. The van der Waals surface area contributed by atoms with Crippen molar-refractivity contribution in [1.29, 1.82) is 0 Å². The molecule has 0 saturated carbocycles. The summed E-state index contributed by atoms with van der Waals surface area (Å²) >= 11 is 1.63. The Morgan fingerprint density at radius 2 is 1.92 bits per heavy atom. The van der Waals surface area contributed by atoms with Crippen LogP contribution in [-0.2, 0) is 9.84 Å². The monoisotopic (exact) mass is 532 g/mol. The van der Waals surface area contributed by atoms with Gasteiger partial charge in [-0.1, -0.05) is 39.5 Å². The Labute approximate surface area is 218 Å². The molecule has 3 atom stereocenters. The van der Waals surface area contributed by atoms with Gasteiger partial charge in [0.1, 0.15) is 21.9 Å². The van der Waals surface area contributed by atoms with Gasteiger partial charge >= 0.3 is 0 Å². The third-order valence-electron chi connectivity index (χ3n) is 7.16. The van der Waals surface area contributed by atoms with Crippen LogP contribution in [0.5, 0.6) is 11.5 Å². The summed E-state index contributed by atoms with van der Waals surface area (Å²) < 4.78 is 34.9. The van der Waals surface area contributed by atoms with Crippen molar-refractivity contribution in [2.75, 3.05) is 24.5 Å². The average Bonchev–Trinajstić information content (AvgIpc) is 3.20. The summed E-state index contributed by atoms with van der Waals surface area (Å²) in [5.74, 6) is 3.13. The minimum Gasteiger partial charge on any atom is -0.454 e. The van der Waals surface area contributed by atoms with Crippen LogP contribution in [0.25, 0.3) is 0 Å². The van der Waals surface area contributed by atoms with Crippen LogP contribution in [0.4, 0.5) is 11.5 Å². The number of rotatable bonds is 8. The van der Waals surface area contributed by atoms with Gasteiger partial charge in [-0.3, -0.25) is 0 Å². The van der Waals surface area contributed by atoms with Gasteiger partial charge in [-0.15, -0.1) is 0 Å². The predicted octanol–water partition coefficient (Wildman–Crippen LogP) is 5.71. The third-order valence-corrected chi connectivity index (χ3v) is 9.25. The molecule has 196 valence electrons. The summed E-state index contributed by atoms with van der Waals surface area (Å²) in [7, 11) is -3.02. The number of nitrogen functional groups attached to an aromatic ring is 1. The van der Waals surface area contributed by atoms with Crippen molar-refractivity contribution in [3.63, 3.8) is 0 Å². The molecule has 3 unspecified atom stereocenters. The molecule has 2 N–H and O–H groups in total. The van der Waals surface area contributed by atoms with Crippen LogP contribution >= 0.6 is 11.8 Å². The molecule has 4 rings (SSSR count). The summed E-state index contributed by atoms with van der Waals surface area (Å²) in [4.78, 5) is 14.8. The van der Waals surface area contributed by atoms with Crippen molar-refractivity contribution >= 4 is 38.1 Å². The Morgan fingerprint density at radius 3 is 2.58 bits per heavy atom. The first-order valence-electron chi connectivity index (χ1n) is 12.5. The largest absolute Gasteiger partial charge is 0.454 e. The second-order valence-corrected chi connectivity index (χ2v) is 13.5. The average molecular weight is 533 g/mol. The van der Waals surface area contributed by atoms with Gasteiger partial charge in [0.05, 0.1) is 10.7 Å². The number of benzene rings is 1. The maximum Gasteiger partial charge on any atom is 0.231 e. The lowest BCUT2D eigenvalue weighted by atomic mass is 9.85. The summed E-state index contributed by atoms with van der Waals surface area (Å²) in [5, 5.41) is 0.921. The molecule has 36 heavy (non-hydrogen) atoms. The van der Waals surface area contributed by atoms with Crippen molar-refractivity contribution in [2.45, 2.75) is 70.1 Å². The Kier molecular flexibility index (Phi) is 8.14. The topological polar surface area (TPSA) is 117 Å². The lowest BCUT2D eigenvalue weighted by Gasteiger charge is -2.24. The van der Waals surface area contributed by atoms with Crippen LogP contribution in [0, 0.1) is 11.8 Å². The van der Waals surface area contributed by atoms with Crippen molar-refractivity contribution in [3.8, 4) is 11.5 Å². The number of ether oxygens (including phenoxy) is 2. The number of anilines is 1. The van der Waals surface area contributed by atoms with Crippen LogP contribution < -0.4 is 15.2 Å². The van der Waals surface area contributed by atoms with Gasteiger partial charge in [-0.05, 0) is 61.1 Å². The highest BCUT2D eigenvalue weighted by Crippen LogP contribution is 2.47. The normalized spacial score (nSPS) is 20.1. The Bertz CT molecular complexity index is 1250. The standard InChI is InChI=1S/C26H36N4O4S2/c1-6-18(15(2)3)19-11-20-21(34-14-33-20)12-22(19)35-23-10-17(8-7-9-36(5,31)32)16(4)24-25(30-23)26(27)29-13-28-24/h11-13,15-18H,6-10,14H2,1-5H3,(H2,27,28,29). The number of nitrogens with two attached hydrogens (primary N) is 1. The molecule has 0 spiro atoms. The van der Waals surface area contributed by atoms with E-state index in [1.54, 1.807) is 11.8 Å². The minimum absolute atomic E-state index is 0.0713. The van der Waals surface area contributed by atoms with E-state index in [0.29, 0.717) is 36.2 Å². The number of hydrogen-bond acceptors (Lipinski definition) is 9. The first-order chi connectivity index (χ1) is 17.1. The van der Waals surface area contributed by atoms with Crippen LogP contribution in [0.3, 0.4) is 0 Å². The molecule has 0 aliphatic carbocycles. The molecule has 2 aromatic rings. The minimum atomic E-state index is -3.02. The molecule has 1 aromatic heterocycles. The van der Waals surface area contributed by atoms with Gasteiger partial charge in [0, 0.05) is 22.8 Å². The highest BCUT2D eigenvalue weighted by Gasteiger charge is 2.31. The summed E-state index contributed by atoms with van der Waals surface area (Å²) in [6.45, 7) is 9.04. The van der Waals surface area contributed by atoms with Gasteiger partial charge in [0.15, 0.2) is 17.3 Å². The summed E-state index contributed by atoms with van der Waals surface area (Å²) in [6.07, 6.45) is 5.84. The van der Waals surface area contributed by atoms with E-state index < -0.39 is 9.84 Å². The molecule has 3 heterocycles. The predicted molar refractivity (Wildman–Crippen MR) is 145 cm³/mol. The van der Waals surface area contributed by atoms with Crippen LogP contribution in [0.1, 0.15) is 76.5 Å². The number of thioether (sulfide) groups is 1. The van der Waals surface area contributed by atoms with E-state index in [1.807, 2.05) is 0 Å². The van der Waals surface area contributed by atoms with Crippen LogP contribution in [0.15, 0.2) is 28.3 Å². The molecular formula is C26H36N4O4S2. The van der Waals surface area contributed by atoms with E-state index in [4.69, 9.17) is 20.2 Å². The molecule has 0 radical (unpaired) electrons. The molecular weight excluding hydrogens is 496 g/mol. The van der Waals surface area contributed by atoms with E-state index >= 15 is 0 Å². The molecule has 2 aliphatic heterocycles. The molecule has 0 saturated heterocycles. The fourth-order valence-electron chi connectivity index (χ4n) is 5.17. The fourth-order valence-corrected chi connectivity index (χ4v) is 7.04. The number of aromatic nitrogens is 2. The van der Waals surface area contributed by atoms with Crippen LogP contribution in [0.2, 0.25) is 0 Å². The van der Waals surface area contributed by atoms with Gasteiger partial charge < -0.3 is 15.2 Å². The highest BCUT2D eigenvalue weighted by atomic mass is 32.2.